The minimum absolute atomic E-state index is 0.151. The molecule has 0 saturated carbocycles. The van der Waals surface area contributed by atoms with E-state index in [0.717, 1.165) is 34.0 Å². The highest BCUT2D eigenvalue weighted by Crippen LogP contribution is 2.43. The highest BCUT2D eigenvalue weighted by molar-refractivity contribution is 7.80. The average molecular weight is 477 g/mol. The van der Waals surface area contributed by atoms with Crippen molar-refractivity contribution in [2.75, 3.05) is 4.90 Å². The summed E-state index contributed by atoms with van der Waals surface area (Å²) in [6.45, 7) is 4.09. The fourth-order valence-corrected chi connectivity index (χ4v) is 5.12. The lowest BCUT2D eigenvalue weighted by Gasteiger charge is -2.28. The number of hydrogen-bond acceptors (Lipinski definition) is 2. The van der Waals surface area contributed by atoms with Gasteiger partial charge in [-0.1, -0.05) is 23.7 Å². The Bertz CT molecular complexity index is 1320. The highest BCUT2D eigenvalue weighted by Gasteiger charge is 2.42. The molecule has 7 heteroatoms. The van der Waals surface area contributed by atoms with E-state index in [4.69, 9.17) is 23.8 Å². The molecule has 0 radical (unpaired) electrons. The van der Waals surface area contributed by atoms with Crippen molar-refractivity contribution in [2.24, 2.45) is 0 Å². The molecule has 0 amide bonds. The first-order chi connectivity index (χ1) is 15.9. The second-order valence-electron chi connectivity index (χ2n) is 8.11. The Labute approximate surface area is 202 Å². The van der Waals surface area contributed by atoms with Gasteiger partial charge in [-0.3, -0.25) is 4.98 Å². The Balaban J connectivity index is 1.68. The van der Waals surface area contributed by atoms with E-state index in [9.17, 15) is 4.39 Å². The normalized spacial score (nSPS) is 17.9. The molecule has 1 aliphatic heterocycles. The largest absolute Gasteiger partial charge is 0.351 e. The number of aromatic nitrogens is 2. The molecule has 3 heterocycles. The summed E-state index contributed by atoms with van der Waals surface area (Å²) in [6.07, 6.45) is 1.79. The Morgan fingerprint density at radius 3 is 2.45 bits per heavy atom. The van der Waals surface area contributed by atoms with Gasteiger partial charge in [-0.25, -0.2) is 4.39 Å². The van der Waals surface area contributed by atoms with E-state index in [2.05, 4.69) is 32.8 Å². The lowest BCUT2D eigenvalue weighted by atomic mass is 9.96. The number of thiocarbonyl (C=S) groups is 1. The van der Waals surface area contributed by atoms with Crippen LogP contribution < -0.4 is 10.2 Å². The van der Waals surface area contributed by atoms with Crippen LogP contribution in [-0.4, -0.2) is 14.7 Å². The SMILES string of the molecule is Cc1cc([C@H]2[C@H](c3ccccn3)NC(=S)N2c2ccc(Cl)cc2)c(C)n1-c1cccc(F)c1. The third-order valence-corrected chi connectivity index (χ3v) is 6.62. The lowest BCUT2D eigenvalue weighted by molar-refractivity contribution is 0.565. The molecule has 0 spiro atoms. The van der Waals surface area contributed by atoms with E-state index < -0.39 is 0 Å². The molecule has 5 rings (SSSR count). The predicted octanol–water partition coefficient (Wildman–Crippen LogP) is 6.46. The molecule has 1 aliphatic rings. The number of halogens is 2. The number of hydrogen-bond donors (Lipinski definition) is 1. The summed E-state index contributed by atoms with van der Waals surface area (Å²) in [5, 5.41) is 4.76. The van der Waals surface area contributed by atoms with Gasteiger partial charge in [0.15, 0.2) is 5.11 Å². The Hall–Kier alpha value is -3.22. The molecular weight excluding hydrogens is 455 g/mol. The third-order valence-electron chi connectivity index (χ3n) is 6.06. The number of rotatable bonds is 4. The van der Waals surface area contributed by atoms with Crippen molar-refractivity contribution < 1.29 is 4.39 Å². The van der Waals surface area contributed by atoms with Crippen molar-refractivity contribution in [3.05, 3.63) is 112 Å². The summed E-state index contributed by atoms with van der Waals surface area (Å²) in [6, 6.07) is 22.0. The number of pyridine rings is 1. The summed E-state index contributed by atoms with van der Waals surface area (Å²) >= 11 is 12.0. The van der Waals surface area contributed by atoms with Crippen LogP contribution in [0.2, 0.25) is 5.02 Å². The summed E-state index contributed by atoms with van der Waals surface area (Å²) < 4.78 is 16.1. The maximum Gasteiger partial charge on any atom is 0.174 e. The first-order valence-electron chi connectivity index (χ1n) is 10.6. The zero-order valence-electron chi connectivity index (χ0n) is 18.2. The van der Waals surface area contributed by atoms with E-state index in [1.54, 1.807) is 18.3 Å². The van der Waals surface area contributed by atoms with Crippen molar-refractivity contribution in [2.45, 2.75) is 25.9 Å². The number of aryl methyl sites for hydroxylation is 1. The van der Waals surface area contributed by atoms with Gasteiger partial charge in [-0.15, -0.1) is 0 Å². The topological polar surface area (TPSA) is 33.1 Å². The molecule has 2 aromatic heterocycles. The van der Waals surface area contributed by atoms with Crippen LogP contribution in [0.15, 0.2) is 79.0 Å². The van der Waals surface area contributed by atoms with E-state index in [1.807, 2.05) is 55.5 Å². The fraction of sp³-hybridized carbons (Fsp3) is 0.154. The molecule has 0 bridgehead atoms. The van der Waals surface area contributed by atoms with Crippen molar-refractivity contribution >= 4 is 34.6 Å². The van der Waals surface area contributed by atoms with Gasteiger partial charge in [-0.05, 0) is 92.3 Å². The van der Waals surface area contributed by atoms with E-state index >= 15 is 0 Å². The second kappa shape index (κ2) is 8.61. The molecule has 4 aromatic rings. The van der Waals surface area contributed by atoms with E-state index in [-0.39, 0.29) is 17.9 Å². The standard InChI is InChI=1S/C26H22ClFN4S/c1-16-14-22(17(2)31(16)21-7-5-6-19(28)15-21)25-24(23-8-3-4-13-29-23)30-26(33)32(25)20-11-9-18(27)10-12-20/h3-15,24-25H,1-2H3,(H,30,33)/t24-,25-/m0/s1. The fourth-order valence-electron chi connectivity index (χ4n) is 4.65. The van der Waals surface area contributed by atoms with Crippen LogP contribution in [0.3, 0.4) is 0 Å². The molecule has 1 fully saturated rings. The summed E-state index contributed by atoms with van der Waals surface area (Å²) in [4.78, 5) is 6.73. The number of anilines is 1. The minimum Gasteiger partial charge on any atom is -0.351 e. The van der Waals surface area contributed by atoms with Gasteiger partial charge < -0.3 is 14.8 Å². The van der Waals surface area contributed by atoms with Crippen LogP contribution in [0.5, 0.6) is 0 Å². The highest BCUT2D eigenvalue weighted by atomic mass is 35.5. The molecule has 166 valence electrons. The van der Waals surface area contributed by atoms with Crippen LogP contribution in [0.4, 0.5) is 10.1 Å². The molecule has 33 heavy (non-hydrogen) atoms. The molecule has 0 aliphatic carbocycles. The summed E-state index contributed by atoms with van der Waals surface area (Å²) in [5.41, 5.74) is 5.76. The van der Waals surface area contributed by atoms with Crippen LogP contribution in [-0.2, 0) is 0 Å². The van der Waals surface area contributed by atoms with Gasteiger partial charge >= 0.3 is 0 Å². The first kappa shape index (κ1) is 21.6. The minimum atomic E-state index is -0.264. The lowest BCUT2D eigenvalue weighted by Crippen LogP contribution is -2.29. The van der Waals surface area contributed by atoms with E-state index in [0.29, 0.717) is 10.1 Å². The summed E-state index contributed by atoms with van der Waals surface area (Å²) in [5.74, 6) is -0.264. The van der Waals surface area contributed by atoms with Crippen LogP contribution >= 0.6 is 23.8 Å². The van der Waals surface area contributed by atoms with Gasteiger partial charge in [0.1, 0.15) is 5.82 Å². The molecular formula is C26H22ClFN4S. The Morgan fingerprint density at radius 1 is 0.970 bits per heavy atom. The van der Waals surface area contributed by atoms with Crippen molar-refractivity contribution in [1.82, 2.24) is 14.9 Å². The van der Waals surface area contributed by atoms with Crippen molar-refractivity contribution in [3.63, 3.8) is 0 Å². The Morgan fingerprint density at radius 2 is 1.76 bits per heavy atom. The smallest absolute Gasteiger partial charge is 0.174 e. The quantitative estimate of drug-likeness (QED) is 0.343. The van der Waals surface area contributed by atoms with Gasteiger partial charge in [-0.2, -0.15) is 0 Å². The molecule has 2 aromatic carbocycles. The van der Waals surface area contributed by atoms with Crippen LogP contribution in [0.1, 0.15) is 34.7 Å². The maximum atomic E-state index is 14.0. The molecule has 4 nitrogen and oxygen atoms in total. The maximum absolute atomic E-state index is 14.0. The number of benzene rings is 2. The van der Waals surface area contributed by atoms with Gasteiger partial charge in [0, 0.05) is 34.0 Å². The molecule has 2 atom stereocenters. The van der Waals surface area contributed by atoms with Gasteiger partial charge in [0.25, 0.3) is 0 Å². The molecule has 1 N–H and O–H groups in total. The average Bonchev–Trinajstić information content (AvgIpc) is 3.30. The van der Waals surface area contributed by atoms with Crippen molar-refractivity contribution in [1.29, 1.82) is 0 Å². The first-order valence-corrected chi connectivity index (χ1v) is 11.4. The second-order valence-corrected chi connectivity index (χ2v) is 8.94. The molecule has 0 unspecified atom stereocenters. The number of nitrogens with zero attached hydrogens (tertiary/aromatic N) is 3. The predicted molar refractivity (Wildman–Crippen MR) is 135 cm³/mol. The van der Waals surface area contributed by atoms with Gasteiger partial charge in [0.2, 0.25) is 0 Å². The van der Waals surface area contributed by atoms with Gasteiger partial charge in [0.05, 0.1) is 17.8 Å². The van der Waals surface area contributed by atoms with Crippen molar-refractivity contribution in [3.8, 4) is 5.69 Å². The zero-order chi connectivity index (χ0) is 23.1. The zero-order valence-corrected chi connectivity index (χ0v) is 19.7. The monoisotopic (exact) mass is 476 g/mol. The van der Waals surface area contributed by atoms with Crippen LogP contribution in [0.25, 0.3) is 5.69 Å². The third kappa shape index (κ3) is 3.90. The summed E-state index contributed by atoms with van der Waals surface area (Å²) in [7, 11) is 0. The van der Waals surface area contributed by atoms with Crippen LogP contribution in [0, 0.1) is 19.7 Å². The number of nitrogens with one attached hydrogen (secondary N) is 1. The van der Waals surface area contributed by atoms with E-state index in [1.165, 1.54) is 6.07 Å². The molecule has 1 saturated heterocycles. The Kier molecular flexibility index (Phi) is 5.64.